The molecule has 1 unspecified atom stereocenters. The second-order valence-corrected chi connectivity index (χ2v) is 9.51. The lowest BCUT2D eigenvalue weighted by molar-refractivity contribution is -0.133. The molecule has 3 aromatic rings. The van der Waals surface area contributed by atoms with E-state index in [-0.39, 0.29) is 24.6 Å². The van der Waals surface area contributed by atoms with Crippen LogP contribution in [0.4, 0.5) is 4.79 Å². The summed E-state index contributed by atoms with van der Waals surface area (Å²) in [5, 5.41) is 4.99. The van der Waals surface area contributed by atoms with Crippen molar-refractivity contribution in [3.8, 4) is 0 Å². The predicted molar refractivity (Wildman–Crippen MR) is 134 cm³/mol. The number of urea groups is 1. The molecule has 0 saturated carbocycles. The Morgan fingerprint density at radius 1 is 0.912 bits per heavy atom. The molecule has 1 saturated heterocycles. The van der Waals surface area contributed by atoms with Crippen LogP contribution in [-0.2, 0) is 29.2 Å². The van der Waals surface area contributed by atoms with E-state index in [1.807, 2.05) is 83.1 Å². The highest BCUT2D eigenvalue weighted by Crippen LogP contribution is 2.17. The number of ether oxygens (including phenoxy) is 1. The molecular formula is C27H31N3O3S. The van der Waals surface area contributed by atoms with Crippen molar-refractivity contribution in [3.05, 3.63) is 94.2 Å². The number of hydrogen-bond acceptors (Lipinski definition) is 4. The number of hydrogen-bond donors (Lipinski definition) is 1. The van der Waals surface area contributed by atoms with E-state index in [4.69, 9.17) is 4.74 Å². The Labute approximate surface area is 205 Å². The molecule has 0 radical (unpaired) electrons. The molecule has 178 valence electrons. The molecule has 6 nitrogen and oxygen atoms in total. The van der Waals surface area contributed by atoms with E-state index < -0.39 is 0 Å². The number of amides is 3. The largest absolute Gasteiger partial charge is 0.376 e. The van der Waals surface area contributed by atoms with Crippen LogP contribution < -0.4 is 5.32 Å². The van der Waals surface area contributed by atoms with Gasteiger partial charge in [-0.1, -0.05) is 66.7 Å². The van der Waals surface area contributed by atoms with Crippen molar-refractivity contribution in [1.82, 2.24) is 15.1 Å². The van der Waals surface area contributed by atoms with Crippen molar-refractivity contribution in [1.29, 1.82) is 0 Å². The Morgan fingerprint density at radius 3 is 2.29 bits per heavy atom. The van der Waals surface area contributed by atoms with Gasteiger partial charge >= 0.3 is 6.03 Å². The van der Waals surface area contributed by atoms with E-state index in [1.54, 1.807) is 16.2 Å². The zero-order chi connectivity index (χ0) is 23.6. The van der Waals surface area contributed by atoms with E-state index in [0.717, 1.165) is 28.8 Å². The van der Waals surface area contributed by atoms with Crippen LogP contribution >= 0.6 is 11.3 Å². The van der Waals surface area contributed by atoms with Gasteiger partial charge in [0.25, 0.3) is 0 Å². The van der Waals surface area contributed by atoms with Crippen LogP contribution in [0.15, 0.2) is 78.2 Å². The second kappa shape index (κ2) is 12.3. The lowest BCUT2D eigenvalue weighted by atomic mass is 10.2. The van der Waals surface area contributed by atoms with E-state index in [2.05, 4.69) is 5.32 Å². The minimum absolute atomic E-state index is 0.0126. The zero-order valence-electron chi connectivity index (χ0n) is 19.3. The Hall–Kier alpha value is -3.16. The molecule has 0 aliphatic carbocycles. The summed E-state index contributed by atoms with van der Waals surface area (Å²) >= 11 is 1.63. The zero-order valence-corrected chi connectivity index (χ0v) is 20.1. The number of rotatable bonds is 10. The molecule has 1 aliphatic rings. The van der Waals surface area contributed by atoms with Crippen molar-refractivity contribution in [2.75, 3.05) is 19.7 Å². The molecule has 0 bridgehead atoms. The molecule has 0 spiro atoms. The average Bonchev–Trinajstić information content (AvgIpc) is 3.57. The van der Waals surface area contributed by atoms with Gasteiger partial charge in [0.15, 0.2) is 0 Å². The molecule has 34 heavy (non-hydrogen) atoms. The first-order chi connectivity index (χ1) is 16.7. The van der Waals surface area contributed by atoms with Gasteiger partial charge in [-0.2, -0.15) is 0 Å². The fraction of sp³-hybridized carbons (Fsp3) is 0.333. The first kappa shape index (κ1) is 24.0. The SMILES string of the molecule is O=C(CN(CC1CCCO1)C(=O)NCc1ccccc1)N(Cc1ccccc1)Cc1cccs1. The van der Waals surface area contributed by atoms with Crippen LogP contribution in [0.5, 0.6) is 0 Å². The molecule has 1 N–H and O–H groups in total. The maximum atomic E-state index is 13.5. The number of nitrogens with zero attached hydrogens (tertiary/aromatic N) is 2. The number of carbonyl (C=O) groups is 2. The number of nitrogens with one attached hydrogen (secondary N) is 1. The molecule has 2 aromatic carbocycles. The van der Waals surface area contributed by atoms with E-state index in [1.165, 1.54) is 0 Å². The topological polar surface area (TPSA) is 61.9 Å². The molecule has 1 aliphatic heterocycles. The van der Waals surface area contributed by atoms with Crippen LogP contribution in [-0.4, -0.2) is 47.5 Å². The minimum Gasteiger partial charge on any atom is -0.376 e. The van der Waals surface area contributed by atoms with Crippen molar-refractivity contribution in [3.63, 3.8) is 0 Å². The summed E-state index contributed by atoms with van der Waals surface area (Å²) in [6, 6.07) is 23.5. The monoisotopic (exact) mass is 477 g/mol. The lowest BCUT2D eigenvalue weighted by Gasteiger charge is -2.29. The van der Waals surface area contributed by atoms with E-state index in [0.29, 0.717) is 32.8 Å². The van der Waals surface area contributed by atoms with Crippen molar-refractivity contribution in [2.45, 2.75) is 38.6 Å². The number of benzene rings is 2. The summed E-state index contributed by atoms with van der Waals surface area (Å²) in [4.78, 5) is 31.2. The average molecular weight is 478 g/mol. The van der Waals surface area contributed by atoms with Gasteiger partial charge in [-0.3, -0.25) is 4.79 Å². The first-order valence-corrected chi connectivity index (χ1v) is 12.6. The van der Waals surface area contributed by atoms with Crippen LogP contribution in [0.25, 0.3) is 0 Å². The van der Waals surface area contributed by atoms with Gasteiger partial charge in [-0.05, 0) is 35.4 Å². The molecule has 1 atom stereocenters. The lowest BCUT2D eigenvalue weighted by Crippen LogP contribution is -2.48. The van der Waals surface area contributed by atoms with Crippen LogP contribution in [0, 0.1) is 0 Å². The van der Waals surface area contributed by atoms with Crippen LogP contribution in [0.1, 0.15) is 28.8 Å². The third kappa shape index (κ3) is 7.17. The summed E-state index contributed by atoms with van der Waals surface area (Å²) in [5.41, 5.74) is 2.08. The third-order valence-electron chi connectivity index (χ3n) is 5.84. The maximum absolute atomic E-state index is 13.5. The van der Waals surface area contributed by atoms with Gasteiger partial charge in [0, 0.05) is 31.1 Å². The van der Waals surface area contributed by atoms with Gasteiger partial charge in [0.05, 0.1) is 12.6 Å². The van der Waals surface area contributed by atoms with Crippen molar-refractivity contribution < 1.29 is 14.3 Å². The molecule has 1 fully saturated rings. The van der Waals surface area contributed by atoms with E-state index in [9.17, 15) is 9.59 Å². The molecule has 7 heteroatoms. The highest BCUT2D eigenvalue weighted by molar-refractivity contribution is 7.09. The van der Waals surface area contributed by atoms with Gasteiger partial charge in [-0.25, -0.2) is 4.79 Å². The minimum atomic E-state index is -0.247. The number of carbonyl (C=O) groups excluding carboxylic acids is 2. The quantitative estimate of drug-likeness (QED) is 0.462. The van der Waals surface area contributed by atoms with Crippen LogP contribution in [0.2, 0.25) is 0 Å². The molecule has 1 aromatic heterocycles. The molecule has 2 heterocycles. The summed E-state index contributed by atoms with van der Waals surface area (Å²) in [5.74, 6) is -0.0786. The maximum Gasteiger partial charge on any atom is 0.318 e. The summed E-state index contributed by atoms with van der Waals surface area (Å²) in [6.45, 7) is 2.56. The van der Waals surface area contributed by atoms with Crippen LogP contribution in [0.3, 0.4) is 0 Å². The second-order valence-electron chi connectivity index (χ2n) is 8.47. The fourth-order valence-electron chi connectivity index (χ4n) is 4.03. The molecule has 4 rings (SSSR count). The first-order valence-electron chi connectivity index (χ1n) is 11.7. The summed E-state index contributed by atoms with van der Waals surface area (Å²) in [6.07, 6.45) is 1.85. The fourth-order valence-corrected chi connectivity index (χ4v) is 4.75. The van der Waals surface area contributed by atoms with Crippen molar-refractivity contribution >= 4 is 23.3 Å². The van der Waals surface area contributed by atoms with E-state index >= 15 is 0 Å². The van der Waals surface area contributed by atoms with Crippen molar-refractivity contribution in [2.24, 2.45) is 0 Å². The molecular weight excluding hydrogens is 446 g/mol. The highest BCUT2D eigenvalue weighted by Gasteiger charge is 2.26. The Kier molecular flexibility index (Phi) is 8.71. The third-order valence-corrected chi connectivity index (χ3v) is 6.70. The van der Waals surface area contributed by atoms with Gasteiger partial charge in [0.2, 0.25) is 5.91 Å². The van der Waals surface area contributed by atoms with Gasteiger partial charge in [-0.15, -0.1) is 11.3 Å². The predicted octanol–water partition coefficient (Wildman–Crippen LogP) is 4.67. The Balaban J connectivity index is 1.45. The summed E-state index contributed by atoms with van der Waals surface area (Å²) < 4.78 is 5.77. The number of thiophene rings is 1. The highest BCUT2D eigenvalue weighted by atomic mass is 32.1. The normalized spacial score (nSPS) is 15.1. The smallest absolute Gasteiger partial charge is 0.318 e. The standard InChI is InChI=1S/C27H31N3O3S/c31-26(29(20-25-14-8-16-34-25)18-23-11-5-2-6-12-23)21-30(19-24-13-7-15-33-24)27(32)28-17-22-9-3-1-4-10-22/h1-6,8-12,14,16,24H,7,13,15,17-21H2,(H,28,32). The summed E-state index contributed by atoms with van der Waals surface area (Å²) in [7, 11) is 0. The molecule has 3 amide bonds. The van der Waals surface area contributed by atoms with Gasteiger partial charge in [0.1, 0.15) is 6.54 Å². The Morgan fingerprint density at radius 2 is 1.65 bits per heavy atom. The van der Waals surface area contributed by atoms with Gasteiger partial charge < -0.3 is 19.9 Å². The Bertz CT molecular complexity index is 1020.